The summed E-state index contributed by atoms with van der Waals surface area (Å²) in [5.74, 6) is 0.147. The van der Waals surface area contributed by atoms with Crippen LogP contribution < -0.4 is 5.32 Å². The predicted molar refractivity (Wildman–Crippen MR) is 71.5 cm³/mol. The van der Waals surface area contributed by atoms with Crippen LogP contribution in [0.5, 0.6) is 0 Å². The van der Waals surface area contributed by atoms with Gasteiger partial charge >= 0.3 is 0 Å². The Hall–Kier alpha value is -1.65. The lowest BCUT2D eigenvalue weighted by atomic mass is 9.84. The molecule has 1 aliphatic carbocycles. The monoisotopic (exact) mass is 263 g/mol. The van der Waals surface area contributed by atoms with Crippen LogP contribution in [0, 0.1) is 11.3 Å². The fourth-order valence-corrected chi connectivity index (χ4v) is 2.48. The number of aromatic amines is 1. The average molecular weight is 263 g/mol. The molecule has 1 heterocycles. The van der Waals surface area contributed by atoms with E-state index in [2.05, 4.69) is 15.3 Å². The largest absolute Gasteiger partial charge is 0.348 e. The molecule has 1 amide bonds. The molecule has 104 valence electrons. The average Bonchev–Trinajstić information content (AvgIpc) is 2.90. The first-order valence-electron chi connectivity index (χ1n) is 6.60. The summed E-state index contributed by atoms with van der Waals surface area (Å²) in [5.41, 5.74) is 0.732. The SMILES string of the molecule is CC(=O)[C@@H](NC(=O)C1C[C@@H]1c1cnc[nH]1)C(C)(C)C. The number of amides is 1. The summed E-state index contributed by atoms with van der Waals surface area (Å²) in [7, 11) is 0. The number of imidazole rings is 1. The first-order valence-corrected chi connectivity index (χ1v) is 6.60. The van der Waals surface area contributed by atoms with E-state index in [1.54, 1.807) is 12.5 Å². The van der Waals surface area contributed by atoms with Gasteiger partial charge in [0.15, 0.2) is 5.78 Å². The second-order valence-electron chi connectivity index (χ2n) is 6.37. The third-order valence-corrected chi connectivity index (χ3v) is 3.61. The van der Waals surface area contributed by atoms with Crippen LogP contribution in [-0.2, 0) is 9.59 Å². The molecule has 0 aromatic carbocycles. The Morgan fingerprint density at radius 2 is 2.16 bits per heavy atom. The van der Waals surface area contributed by atoms with Gasteiger partial charge in [0, 0.05) is 23.7 Å². The second-order valence-corrected chi connectivity index (χ2v) is 6.37. The minimum absolute atomic E-state index is 0.000379. The molecule has 0 radical (unpaired) electrons. The molecule has 0 aliphatic heterocycles. The van der Waals surface area contributed by atoms with Crippen LogP contribution in [0.4, 0.5) is 0 Å². The molecule has 5 heteroatoms. The number of nitrogens with one attached hydrogen (secondary N) is 2. The topological polar surface area (TPSA) is 74.8 Å². The van der Waals surface area contributed by atoms with E-state index in [0.717, 1.165) is 12.1 Å². The van der Waals surface area contributed by atoms with E-state index >= 15 is 0 Å². The quantitative estimate of drug-likeness (QED) is 0.867. The number of carbonyl (C=O) groups is 2. The molecule has 1 saturated carbocycles. The van der Waals surface area contributed by atoms with E-state index in [0.29, 0.717) is 0 Å². The van der Waals surface area contributed by atoms with Crippen molar-refractivity contribution in [2.45, 2.75) is 46.1 Å². The van der Waals surface area contributed by atoms with Crippen LogP contribution in [0.2, 0.25) is 0 Å². The van der Waals surface area contributed by atoms with Gasteiger partial charge in [0.2, 0.25) is 5.91 Å². The van der Waals surface area contributed by atoms with E-state index in [-0.39, 0.29) is 28.9 Å². The van der Waals surface area contributed by atoms with E-state index in [4.69, 9.17) is 0 Å². The molecule has 1 aliphatic rings. The summed E-state index contributed by atoms with van der Waals surface area (Å²) in [5, 5.41) is 2.89. The molecule has 1 unspecified atom stereocenters. The van der Waals surface area contributed by atoms with E-state index < -0.39 is 6.04 Å². The Bertz CT molecular complexity index is 473. The molecular weight excluding hydrogens is 242 g/mol. The minimum Gasteiger partial charge on any atom is -0.348 e. The van der Waals surface area contributed by atoms with Gasteiger partial charge in [0.1, 0.15) is 0 Å². The van der Waals surface area contributed by atoms with Crippen molar-refractivity contribution in [1.82, 2.24) is 15.3 Å². The number of ketones is 1. The Morgan fingerprint density at radius 3 is 2.63 bits per heavy atom. The van der Waals surface area contributed by atoms with Gasteiger partial charge in [0.25, 0.3) is 0 Å². The van der Waals surface area contributed by atoms with Gasteiger partial charge in [-0.1, -0.05) is 20.8 Å². The number of rotatable bonds is 4. The molecule has 19 heavy (non-hydrogen) atoms. The highest BCUT2D eigenvalue weighted by atomic mass is 16.2. The molecule has 3 atom stereocenters. The van der Waals surface area contributed by atoms with Crippen LogP contribution in [0.15, 0.2) is 12.5 Å². The normalized spacial score (nSPS) is 23.8. The van der Waals surface area contributed by atoms with Gasteiger partial charge in [-0.05, 0) is 18.8 Å². The Balaban J connectivity index is 1.97. The highest BCUT2D eigenvalue weighted by molar-refractivity contribution is 5.90. The first kappa shape index (κ1) is 13.8. The van der Waals surface area contributed by atoms with E-state index in [1.165, 1.54) is 6.92 Å². The smallest absolute Gasteiger partial charge is 0.224 e. The summed E-state index contributed by atoms with van der Waals surface area (Å²) in [6, 6.07) is -0.428. The highest BCUT2D eigenvalue weighted by Crippen LogP contribution is 2.46. The molecule has 0 saturated heterocycles. The lowest BCUT2D eigenvalue weighted by Crippen LogP contribution is -2.48. The summed E-state index contributed by atoms with van der Waals surface area (Å²) in [6.07, 6.45) is 4.20. The van der Waals surface area contributed by atoms with Gasteiger partial charge in [-0.25, -0.2) is 4.98 Å². The van der Waals surface area contributed by atoms with Crippen LogP contribution in [0.3, 0.4) is 0 Å². The molecule has 0 spiro atoms. The van der Waals surface area contributed by atoms with Crippen molar-refractivity contribution in [1.29, 1.82) is 0 Å². The zero-order valence-electron chi connectivity index (χ0n) is 11.9. The van der Waals surface area contributed by atoms with Crippen LogP contribution >= 0.6 is 0 Å². The highest BCUT2D eigenvalue weighted by Gasteiger charge is 2.46. The fraction of sp³-hybridized carbons (Fsp3) is 0.643. The molecule has 1 aromatic heterocycles. The van der Waals surface area contributed by atoms with Crippen molar-refractivity contribution < 1.29 is 9.59 Å². The molecule has 5 nitrogen and oxygen atoms in total. The summed E-state index contributed by atoms with van der Waals surface area (Å²) < 4.78 is 0. The minimum atomic E-state index is -0.428. The summed E-state index contributed by atoms with van der Waals surface area (Å²) in [4.78, 5) is 30.8. The first-order chi connectivity index (χ1) is 8.80. The zero-order valence-corrected chi connectivity index (χ0v) is 11.9. The predicted octanol–water partition coefficient (Wildman–Crippen LogP) is 1.63. The summed E-state index contributed by atoms with van der Waals surface area (Å²) in [6.45, 7) is 7.39. The number of nitrogens with zero attached hydrogens (tertiary/aromatic N) is 1. The third kappa shape index (κ3) is 3.03. The van der Waals surface area contributed by atoms with Gasteiger partial charge in [-0.3, -0.25) is 9.59 Å². The number of carbonyl (C=O) groups excluding carboxylic acids is 2. The Labute approximate surface area is 113 Å². The molecule has 2 rings (SSSR count). The van der Waals surface area contributed by atoms with Gasteiger partial charge in [0.05, 0.1) is 12.4 Å². The number of H-pyrrole nitrogens is 1. The number of hydrogen-bond acceptors (Lipinski definition) is 3. The molecule has 1 fully saturated rings. The Morgan fingerprint density at radius 1 is 1.47 bits per heavy atom. The van der Waals surface area contributed by atoms with E-state index in [1.807, 2.05) is 20.8 Å². The molecule has 0 bridgehead atoms. The zero-order chi connectivity index (χ0) is 14.2. The van der Waals surface area contributed by atoms with Crippen LogP contribution in [0.25, 0.3) is 0 Å². The second kappa shape index (κ2) is 4.79. The standard InChI is InChI=1S/C14H21N3O2/c1-8(18)12(14(2,3)4)17-13(19)10-5-9(10)11-6-15-7-16-11/h6-7,9-10,12H,5H2,1-4H3,(H,15,16)(H,17,19)/t9-,10?,12+/m0/s1. The lowest BCUT2D eigenvalue weighted by molar-refractivity contribution is -0.130. The van der Waals surface area contributed by atoms with Crippen molar-refractivity contribution in [3.05, 3.63) is 18.2 Å². The van der Waals surface area contributed by atoms with Crippen LogP contribution in [0.1, 0.15) is 45.7 Å². The van der Waals surface area contributed by atoms with Crippen molar-refractivity contribution in [3.8, 4) is 0 Å². The maximum absolute atomic E-state index is 12.2. The maximum Gasteiger partial charge on any atom is 0.224 e. The van der Waals surface area contributed by atoms with Crippen molar-refractivity contribution in [2.24, 2.45) is 11.3 Å². The Kier molecular flexibility index (Phi) is 3.47. The number of Topliss-reactive ketones (excluding diaryl/α,β-unsaturated/α-hetero) is 1. The van der Waals surface area contributed by atoms with Gasteiger partial charge in [-0.15, -0.1) is 0 Å². The fourth-order valence-electron chi connectivity index (χ4n) is 2.48. The number of aromatic nitrogens is 2. The van der Waals surface area contributed by atoms with Crippen LogP contribution in [-0.4, -0.2) is 27.7 Å². The maximum atomic E-state index is 12.2. The third-order valence-electron chi connectivity index (χ3n) is 3.61. The molecule has 1 aromatic rings. The summed E-state index contributed by atoms with van der Waals surface area (Å²) >= 11 is 0. The van der Waals surface area contributed by atoms with Crippen molar-refractivity contribution in [2.75, 3.05) is 0 Å². The van der Waals surface area contributed by atoms with E-state index in [9.17, 15) is 9.59 Å². The molecular formula is C14H21N3O2. The number of hydrogen-bond donors (Lipinski definition) is 2. The molecule has 2 N–H and O–H groups in total. The van der Waals surface area contributed by atoms with Gasteiger partial charge < -0.3 is 10.3 Å². The van der Waals surface area contributed by atoms with Gasteiger partial charge in [-0.2, -0.15) is 0 Å². The lowest BCUT2D eigenvalue weighted by Gasteiger charge is -2.29. The van der Waals surface area contributed by atoms with Crippen molar-refractivity contribution >= 4 is 11.7 Å². The van der Waals surface area contributed by atoms with Crippen molar-refractivity contribution in [3.63, 3.8) is 0 Å².